The third-order valence-electron chi connectivity index (χ3n) is 13.3. The number of likely N-dealkylation sites (tertiary alicyclic amines) is 1. The van der Waals surface area contributed by atoms with Crippen molar-refractivity contribution in [3.8, 4) is 5.75 Å². The summed E-state index contributed by atoms with van der Waals surface area (Å²) in [6.07, 6.45) is 3.39. The molecule has 1 saturated carbocycles. The highest BCUT2D eigenvalue weighted by Gasteiger charge is 2.42. The van der Waals surface area contributed by atoms with Gasteiger partial charge in [-0.3, -0.25) is 52.7 Å². The number of primary amides is 3. The van der Waals surface area contributed by atoms with E-state index in [-0.39, 0.29) is 50.9 Å². The van der Waals surface area contributed by atoms with Gasteiger partial charge in [-0.1, -0.05) is 73.3 Å². The van der Waals surface area contributed by atoms with E-state index < -0.39 is 137 Å². The molecule has 0 aromatic heterocycles. The smallest absolute Gasteiger partial charge is 0.246 e. The molecule has 2 saturated heterocycles. The molecule has 0 bridgehead atoms. The lowest BCUT2D eigenvalue weighted by Gasteiger charge is -2.37. The Morgan fingerprint density at radius 2 is 1.49 bits per heavy atom. The summed E-state index contributed by atoms with van der Waals surface area (Å²) in [5.41, 5.74) is 22.6. The summed E-state index contributed by atoms with van der Waals surface area (Å²) < 4.78 is 4.60. The number of rotatable bonds is 19. The highest BCUT2D eigenvalue weighted by atomic mass is 33.1. The summed E-state index contributed by atoms with van der Waals surface area (Å²) in [5, 5.41) is 18.5. The molecule has 1 aromatic carbocycles. The minimum atomic E-state index is -1.73. The van der Waals surface area contributed by atoms with Gasteiger partial charge in [-0.2, -0.15) is 0 Å². The number of carbonyl (C=O) groups is 11. The van der Waals surface area contributed by atoms with Crippen LogP contribution >= 0.6 is 21.6 Å². The number of hydrogen-bond acceptors (Lipinski definition) is 15. The Kier molecular flexibility index (Phi) is 24.2. The number of carbonyl (C=O) groups excluding carboxylic acids is 11. The summed E-state index contributed by atoms with van der Waals surface area (Å²) in [5.74, 6) is -8.88. The molecule has 24 nitrogen and oxygen atoms in total. The lowest BCUT2D eigenvalue weighted by atomic mass is 9.85. The van der Waals surface area contributed by atoms with Crippen LogP contribution in [0.25, 0.3) is 0 Å². The zero-order chi connectivity index (χ0) is 54.5. The van der Waals surface area contributed by atoms with Crippen molar-refractivity contribution in [1.29, 1.82) is 0 Å². The number of methoxy groups -OCH3 is 1. The van der Waals surface area contributed by atoms with Crippen LogP contribution in [0.1, 0.15) is 109 Å². The Bertz CT molecular complexity index is 2180. The van der Waals surface area contributed by atoms with E-state index in [4.69, 9.17) is 27.7 Å². The van der Waals surface area contributed by atoms with E-state index in [0.29, 0.717) is 43.4 Å². The molecule has 410 valence electrons. The van der Waals surface area contributed by atoms with Crippen LogP contribution in [0.4, 0.5) is 0 Å². The van der Waals surface area contributed by atoms with E-state index in [1.807, 2.05) is 0 Å². The van der Waals surface area contributed by atoms with E-state index in [1.54, 1.807) is 38.1 Å². The quantitative estimate of drug-likeness (QED) is 0.0678. The third kappa shape index (κ3) is 18.7. The van der Waals surface area contributed by atoms with Gasteiger partial charge in [0.15, 0.2) is 0 Å². The van der Waals surface area contributed by atoms with Crippen molar-refractivity contribution < 1.29 is 57.5 Å². The molecule has 0 radical (unpaired) electrons. The first-order chi connectivity index (χ1) is 35.2. The monoisotopic (exact) mass is 1070 g/mol. The number of nitrogens with zero attached hydrogens (tertiary/aromatic N) is 1. The molecular formula is C48H74N12O12S2. The highest BCUT2D eigenvalue weighted by Crippen LogP contribution is 2.48. The zero-order valence-electron chi connectivity index (χ0n) is 42.3. The maximum absolute atomic E-state index is 14.8. The molecule has 2 aliphatic heterocycles. The fourth-order valence-corrected chi connectivity index (χ4v) is 12.4. The number of benzene rings is 1. The van der Waals surface area contributed by atoms with E-state index >= 15 is 0 Å². The summed E-state index contributed by atoms with van der Waals surface area (Å²) in [4.78, 5) is 151. The summed E-state index contributed by atoms with van der Waals surface area (Å²) >= 11 is 0. The van der Waals surface area contributed by atoms with Gasteiger partial charge in [0.25, 0.3) is 0 Å². The van der Waals surface area contributed by atoms with Gasteiger partial charge in [0.1, 0.15) is 48.0 Å². The molecule has 11 amide bonds. The minimum Gasteiger partial charge on any atom is -0.497 e. The van der Waals surface area contributed by atoms with E-state index in [9.17, 15) is 52.7 Å². The number of ether oxygens (including phenoxy) is 1. The van der Waals surface area contributed by atoms with Crippen LogP contribution in [0.3, 0.4) is 0 Å². The van der Waals surface area contributed by atoms with Gasteiger partial charge in [-0.05, 0) is 75.1 Å². The zero-order valence-corrected chi connectivity index (χ0v) is 44.0. The fraction of sp³-hybridized carbons (Fsp3) is 0.646. The van der Waals surface area contributed by atoms with Crippen LogP contribution in [0.15, 0.2) is 24.3 Å². The number of amides is 11. The topological polar surface area (TPSA) is 389 Å². The van der Waals surface area contributed by atoms with Gasteiger partial charge in [-0.25, -0.2) is 0 Å². The first-order valence-electron chi connectivity index (χ1n) is 25.1. The molecule has 15 N–H and O–H groups in total. The Morgan fingerprint density at radius 1 is 0.824 bits per heavy atom. The van der Waals surface area contributed by atoms with Crippen molar-refractivity contribution >= 4 is 86.6 Å². The lowest BCUT2D eigenvalue weighted by Crippen LogP contribution is -2.61. The van der Waals surface area contributed by atoms with E-state index in [2.05, 4.69) is 37.2 Å². The van der Waals surface area contributed by atoms with Gasteiger partial charge in [-0.15, -0.1) is 0 Å². The summed E-state index contributed by atoms with van der Waals surface area (Å²) in [6, 6.07) is -2.52. The molecule has 1 aliphatic carbocycles. The number of hydrogen-bond donors (Lipinski definition) is 11. The average molecular weight is 1080 g/mol. The van der Waals surface area contributed by atoms with Gasteiger partial charge < -0.3 is 69.8 Å². The lowest BCUT2D eigenvalue weighted by molar-refractivity contribution is -0.142. The molecule has 8 atom stereocenters. The van der Waals surface area contributed by atoms with Crippen LogP contribution in [-0.2, 0) is 59.2 Å². The molecule has 1 spiro atoms. The van der Waals surface area contributed by atoms with Crippen LogP contribution in [-0.4, -0.2) is 149 Å². The fourth-order valence-electron chi connectivity index (χ4n) is 9.02. The van der Waals surface area contributed by atoms with Crippen molar-refractivity contribution in [2.24, 2.45) is 28.9 Å². The van der Waals surface area contributed by atoms with Gasteiger partial charge in [0.05, 0.1) is 20.1 Å². The molecule has 1 aromatic rings. The number of nitrogens with one attached hydrogen (secondary N) is 7. The predicted molar refractivity (Wildman–Crippen MR) is 276 cm³/mol. The molecule has 2 unspecified atom stereocenters. The van der Waals surface area contributed by atoms with Crippen molar-refractivity contribution in [2.45, 2.75) is 157 Å². The first kappa shape index (κ1) is 60.4. The second-order valence-corrected chi connectivity index (χ2v) is 21.9. The van der Waals surface area contributed by atoms with Gasteiger partial charge in [0, 0.05) is 36.3 Å². The molecule has 3 aliphatic rings. The highest BCUT2D eigenvalue weighted by molar-refractivity contribution is 8.77. The minimum absolute atomic E-state index is 0.0199. The summed E-state index contributed by atoms with van der Waals surface area (Å²) in [6.45, 7) is 3.27. The molecule has 4 rings (SSSR count). The Morgan fingerprint density at radius 3 is 2.11 bits per heavy atom. The Hall–Kier alpha value is -6.15. The molecule has 26 heteroatoms. The Balaban J connectivity index is 1.77. The maximum Gasteiger partial charge on any atom is 0.246 e. The average Bonchev–Trinajstić information content (AvgIpc) is 3.86. The first-order valence-corrected chi connectivity index (χ1v) is 27.4. The van der Waals surface area contributed by atoms with Crippen molar-refractivity contribution in [3.63, 3.8) is 0 Å². The van der Waals surface area contributed by atoms with E-state index in [1.165, 1.54) is 33.6 Å². The largest absolute Gasteiger partial charge is 0.497 e. The molecule has 3 fully saturated rings. The predicted octanol–water partition coefficient (Wildman–Crippen LogP) is -1.85. The van der Waals surface area contributed by atoms with Crippen LogP contribution in [0.2, 0.25) is 0 Å². The third-order valence-corrected chi connectivity index (χ3v) is 16.6. The van der Waals surface area contributed by atoms with Crippen LogP contribution < -0.4 is 64.9 Å². The van der Waals surface area contributed by atoms with Gasteiger partial charge in [0.2, 0.25) is 65.0 Å². The Labute approximate surface area is 438 Å². The molecular weight excluding hydrogens is 1000 g/mol. The molecule has 2 heterocycles. The van der Waals surface area contributed by atoms with Crippen molar-refractivity contribution in [2.75, 3.05) is 32.5 Å². The van der Waals surface area contributed by atoms with Crippen molar-refractivity contribution in [1.82, 2.24) is 42.1 Å². The van der Waals surface area contributed by atoms with Crippen molar-refractivity contribution in [3.05, 3.63) is 29.8 Å². The SMILES string of the molecule is CC[C@H](C)[C@@H]1NC(=O)[C@H](Cc2ccc(OC)cc2)NC(=O)CC2(CCCCC2)SSCC(C(=O)N2CCC[C@H]2C(=O)N[C@@H](CCCN)C(=O)NCC(N)=O)NC(=O)[C@H](CC(N)=O)NC(=O)C(CCC(N)=O)NC1=O. The van der Waals surface area contributed by atoms with E-state index in [0.717, 1.165) is 19.3 Å². The number of nitrogens with two attached hydrogens (primary N) is 4. The maximum atomic E-state index is 14.8. The van der Waals surface area contributed by atoms with Gasteiger partial charge >= 0.3 is 0 Å². The standard InChI is InChI=1S/C48H74N12O12S2/c1-4-27(2)40-46(70)56-31(16-17-36(50)61)42(66)57-33(23-37(51)62)43(67)58-34(47(71)60-21-9-11-35(60)45(69)55-30(10-8-20-49)41(65)53-25-38(52)63)26-73-74-48(18-6-5-7-19-48)24-39(64)54-32(44(68)59-40)22-28-12-14-29(72-3)15-13-28/h12-15,27,30-35,40H,4-11,16-26,49H2,1-3H3,(H2,50,61)(H2,51,62)(H2,52,63)(H,53,65)(H,54,64)(H,55,69)(H,56,70)(H,57,66)(H,58,67)(H,59,68)/t27-,30-,31?,32-,33-,34?,35-,40-/m0/s1. The van der Waals surface area contributed by atoms with Crippen LogP contribution in [0, 0.1) is 5.92 Å². The summed E-state index contributed by atoms with van der Waals surface area (Å²) in [7, 11) is 4.06. The second kappa shape index (κ2) is 29.7. The second-order valence-electron chi connectivity index (χ2n) is 19.1. The van der Waals surface area contributed by atoms with Crippen LogP contribution in [0.5, 0.6) is 5.75 Å². The normalized spacial score (nSPS) is 24.1. The molecule has 74 heavy (non-hydrogen) atoms.